The first-order valence-corrected chi connectivity index (χ1v) is 8.06. The first-order chi connectivity index (χ1) is 10.1. The van der Waals surface area contributed by atoms with Gasteiger partial charge in [0.1, 0.15) is 0 Å². The number of nitrogens with one attached hydrogen (secondary N) is 1. The van der Waals surface area contributed by atoms with Crippen molar-refractivity contribution >= 4 is 21.8 Å². The average molecular weight is 347 g/mol. The summed E-state index contributed by atoms with van der Waals surface area (Å²) in [6, 6.07) is 10.3. The number of aryl methyl sites for hydroxylation is 1. The SMILES string of the molecule is Cc1cc(CNC(=O)c2cccc(Br)c2)c(C)n1C1CC1. The van der Waals surface area contributed by atoms with E-state index in [0.29, 0.717) is 18.2 Å². The highest BCUT2D eigenvalue weighted by molar-refractivity contribution is 9.10. The van der Waals surface area contributed by atoms with E-state index in [1.54, 1.807) is 0 Å². The monoisotopic (exact) mass is 346 g/mol. The van der Waals surface area contributed by atoms with Gasteiger partial charge in [-0.3, -0.25) is 4.79 Å². The zero-order chi connectivity index (χ0) is 15.0. The van der Waals surface area contributed by atoms with E-state index in [2.05, 4.69) is 45.7 Å². The van der Waals surface area contributed by atoms with Crippen LogP contribution in [0, 0.1) is 13.8 Å². The number of nitrogens with zero attached hydrogens (tertiary/aromatic N) is 1. The van der Waals surface area contributed by atoms with Crippen molar-refractivity contribution in [3.8, 4) is 0 Å². The largest absolute Gasteiger partial charge is 0.348 e. The summed E-state index contributed by atoms with van der Waals surface area (Å²) in [5.74, 6) is -0.0347. The third kappa shape index (κ3) is 3.05. The highest BCUT2D eigenvalue weighted by Gasteiger charge is 2.26. The van der Waals surface area contributed by atoms with Crippen LogP contribution in [0.2, 0.25) is 0 Å². The summed E-state index contributed by atoms with van der Waals surface area (Å²) in [6.45, 7) is 4.87. The molecule has 21 heavy (non-hydrogen) atoms. The van der Waals surface area contributed by atoms with Crippen LogP contribution in [0.3, 0.4) is 0 Å². The molecule has 1 aliphatic carbocycles. The molecule has 1 amide bonds. The van der Waals surface area contributed by atoms with Crippen LogP contribution >= 0.6 is 15.9 Å². The van der Waals surface area contributed by atoms with Crippen LogP contribution in [0.1, 0.15) is 46.2 Å². The van der Waals surface area contributed by atoms with Gasteiger partial charge in [0, 0.05) is 34.0 Å². The average Bonchev–Trinajstić information content (AvgIpc) is 3.23. The lowest BCUT2D eigenvalue weighted by Crippen LogP contribution is -2.23. The zero-order valence-corrected chi connectivity index (χ0v) is 13.9. The molecule has 3 nitrogen and oxygen atoms in total. The summed E-state index contributed by atoms with van der Waals surface area (Å²) in [7, 11) is 0. The smallest absolute Gasteiger partial charge is 0.251 e. The van der Waals surface area contributed by atoms with Crippen molar-refractivity contribution < 1.29 is 4.79 Å². The minimum atomic E-state index is -0.0347. The molecular formula is C17H19BrN2O. The van der Waals surface area contributed by atoms with Gasteiger partial charge in [-0.25, -0.2) is 0 Å². The molecule has 0 unspecified atom stereocenters. The molecule has 0 saturated heterocycles. The molecule has 4 heteroatoms. The molecule has 0 bridgehead atoms. The number of rotatable bonds is 4. The maximum absolute atomic E-state index is 12.2. The van der Waals surface area contributed by atoms with E-state index in [9.17, 15) is 4.79 Å². The fourth-order valence-corrected chi connectivity index (χ4v) is 3.23. The first kappa shape index (κ1) is 14.4. The van der Waals surface area contributed by atoms with Gasteiger partial charge in [-0.05, 0) is 56.5 Å². The Kier molecular flexibility index (Phi) is 3.89. The van der Waals surface area contributed by atoms with Crippen molar-refractivity contribution in [2.75, 3.05) is 0 Å². The van der Waals surface area contributed by atoms with Crippen molar-refractivity contribution in [3.63, 3.8) is 0 Å². The van der Waals surface area contributed by atoms with Crippen LogP contribution < -0.4 is 5.32 Å². The second-order valence-corrected chi connectivity index (χ2v) is 6.61. The molecule has 1 heterocycles. The number of hydrogen-bond donors (Lipinski definition) is 1. The van der Waals surface area contributed by atoms with E-state index in [1.807, 2.05) is 24.3 Å². The molecular weight excluding hydrogens is 328 g/mol. The summed E-state index contributed by atoms with van der Waals surface area (Å²) in [6.07, 6.45) is 2.56. The second kappa shape index (κ2) is 5.68. The normalized spacial score (nSPS) is 14.2. The fraction of sp³-hybridized carbons (Fsp3) is 0.353. The predicted molar refractivity (Wildman–Crippen MR) is 87.5 cm³/mol. The Hall–Kier alpha value is -1.55. The van der Waals surface area contributed by atoms with Gasteiger partial charge < -0.3 is 9.88 Å². The lowest BCUT2D eigenvalue weighted by molar-refractivity contribution is 0.0951. The van der Waals surface area contributed by atoms with Gasteiger partial charge in [-0.1, -0.05) is 22.0 Å². The number of carbonyl (C=O) groups is 1. The summed E-state index contributed by atoms with van der Waals surface area (Å²) in [5.41, 5.74) is 4.47. The fourth-order valence-electron chi connectivity index (χ4n) is 2.83. The van der Waals surface area contributed by atoms with Gasteiger partial charge in [-0.15, -0.1) is 0 Å². The van der Waals surface area contributed by atoms with Crippen LogP contribution in [0.25, 0.3) is 0 Å². The van der Waals surface area contributed by atoms with E-state index in [4.69, 9.17) is 0 Å². The van der Waals surface area contributed by atoms with Crippen molar-refractivity contribution in [1.82, 2.24) is 9.88 Å². The number of aromatic nitrogens is 1. The van der Waals surface area contributed by atoms with E-state index in [0.717, 1.165) is 4.47 Å². The van der Waals surface area contributed by atoms with Crippen molar-refractivity contribution in [1.29, 1.82) is 0 Å². The molecule has 0 aliphatic heterocycles. The summed E-state index contributed by atoms with van der Waals surface area (Å²) in [4.78, 5) is 12.2. The number of amides is 1. The molecule has 0 atom stereocenters. The lowest BCUT2D eigenvalue weighted by atomic mass is 10.2. The maximum atomic E-state index is 12.2. The summed E-state index contributed by atoms with van der Waals surface area (Å²) >= 11 is 3.39. The van der Waals surface area contributed by atoms with E-state index in [1.165, 1.54) is 29.8 Å². The van der Waals surface area contributed by atoms with E-state index >= 15 is 0 Å². The van der Waals surface area contributed by atoms with Crippen LogP contribution in [0.5, 0.6) is 0 Å². The molecule has 1 aromatic carbocycles. The number of halogens is 1. The Labute approximate surface area is 133 Å². The van der Waals surface area contributed by atoms with Gasteiger partial charge in [0.15, 0.2) is 0 Å². The molecule has 0 spiro atoms. The molecule has 3 rings (SSSR count). The molecule has 1 N–H and O–H groups in total. The molecule has 110 valence electrons. The van der Waals surface area contributed by atoms with Crippen molar-refractivity contribution in [3.05, 3.63) is 57.3 Å². The summed E-state index contributed by atoms with van der Waals surface area (Å²) in [5, 5.41) is 3.01. The Morgan fingerprint density at radius 2 is 2.10 bits per heavy atom. The van der Waals surface area contributed by atoms with Crippen molar-refractivity contribution in [2.45, 2.75) is 39.3 Å². The van der Waals surface area contributed by atoms with Crippen molar-refractivity contribution in [2.24, 2.45) is 0 Å². The Morgan fingerprint density at radius 3 is 2.76 bits per heavy atom. The molecule has 0 radical (unpaired) electrons. The van der Waals surface area contributed by atoms with Gasteiger partial charge in [0.25, 0.3) is 5.91 Å². The Morgan fingerprint density at radius 1 is 1.33 bits per heavy atom. The Bertz CT molecular complexity index is 686. The second-order valence-electron chi connectivity index (χ2n) is 5.69. The first-order valence-electron chi connectivity index (χ1n) is 7.27. The van der Waals surface area contributed by atoms with Crippen LogP contribution in [-0.2, 0) is 6.54 Å². The minimum Gasteiger partial charge on any atom is -0.348 e. The van der Waals surface area contributed by atoms with Gasteiger partial charge in [0.05, 0.1) is 0 Å². The minimum absolute atomic E-state index is 0.0347. The molecule has 2 aromatic rings. The summed E-state index contributed by atoms with van der Waals surface area (Å²) < 4.78 is 3.32. The predicted octanol–water partition coefficient (Wildman–Crippen LogP) is 4.13. The molecule has 1 fully saturated rings. The maximum Gasteiger partial charge on any atom is 0.251 e. The van der Waals surface area contributed by atoms with Crippen LogP contribution in [-0.4, -0.2) is 10.5 Å². The molecule has 1 aliphatic rings. The topological polar surface area (TPSA) is 34.0 Å². The highest BCUT2D eigenvalue weighted by Crippen LogP contribution is 2.38. The molecule has 1 aromatic heterocycles. The quantitative estimate of drug-likeness (QED) is 0.887. The molecule has 1 saturated carbocycles. The third-order valence-corrected chi connectivity index (χ3v) is 4.52. The van der Waals surface area contributed by atoms with Crippen LogP contribution in [0.15, 0.2) is 34.8 Å². The standard InChI is InChI=1S/C17H19BrN2O/c1-11-8-14(12(2)20(11)16-6-7-16)10-19-17(21)13-4-3-5-15(18)9-13/h3-5,8-9,16H,6-7,10H2,1-2H3,(H,19,21). The number of carbonyl (C=O) groups excluding carboxylic acids is 1. The highest BCUT2D eigenvalue weighted by atomic mass is 79.9. The van der Waals surface area contributed by atoms with E-state index < -0.39 is 0 Å². The Balaban J connectivity index is 1.70. The van der Waals surface area contributed by atoms with Gasteiger partial charge in [-0.2, -0.15) is 0 Å². The lowest BCUT2D eigenvalue weighted by Gasteiger charge is -2.09. The zero-order valence-electron chi connectivity index (χ0n) is 12.3. The van der Waals surface area contributed by atoms with E-state index in [-0.39, 0.29) is 5.91 Å². The number of hydrogen-bond acceptors (Lipinski definition) is 1. The third-order valence-electron chi connectivity index (χ3n) is 4.03. The van der Waals surface area contributed by atoms with Gasteiger partial charge >= 0.3 is 0 Å². The number of benzene rings is 1. The van der Waals surface area contributed by atoms with Crippen LogP contribution in [0.4, 0.5) is 0 Å². The van der Waals surface area contributed by atoms with Gasteiger partial charge in [0.2, 0.25) is 0 Å².